The fraction of sp³-hybridized carbons (Fsp3) is 0.714. The summed E-state index contributed by atoms with van der Waals surface area (Å²) in [5.41, 5.74) is 1.04. The fourth-order valence-electron chi connectivity index (χ4n) is 2.31. The third kappa shape index (κ3) is 3.48. The van der Waals surface area contributed by atoms with Crippen molar-refractivity contribution in [3.8, 4) is 0 Å². The minimum Gasteiger partial charge on any atom is -0.373 e. The summed E-state index contributed by atoms with van der Waals surface area (Å²) in [6.07, 6.45) is 1.89. The summed E-state index contributed by atoms with van der Waals surface area (Å²) in [5.74, 6) is 4.51. The highest BCUT2D eigenvalue weighted by molar-refractivity contribution is 7.85. The van der Waals surface area contributed by atoms with Gasteiger partial charge in [-0.25, -0.2) is 9.97 Å². The van der Waals surface area contributed by atoms with Crippen molar-refractivity contribution in [3.05, 3.63) is 11.4 Å². The van der Waals surface area contributed by atoms with Crippen LogP contribution in [0.5, 0.6) is 0 Å². The lowest BCUT2D eigenvalue weighted by Gasteiger charge is -2.25. The van der Waals surface area contributed by atoms with Gasteiger partial charge in [-0.1, -0.05) is 13.8 Å². The van der Waals surface area contributed by atoms with Gasteiger partial charge in [0.15, 0.2) is 0 Å². The second-order valence-electron chi connectivity index (χ2n) is 5.58. The summed E-state index contributed by atoms with van der Waals surface area (Å²) in [6.45, 7) is 6.22. The van der Waals surface area contributed by atoms with Crippen LogP contribution in [-0.4, -0.2) is 38.8 Å². The Bertz CT molecular complexity index is 494. The Balaban J connectivity index is 2.21. The maximum absolute atomic E-state index is 11.4. The topological polar surface area (TPSA) is 66.9 Å². The highest BCUT2D eigenvalue weighted by atomic mass is 32.2. The van der Waals surface area contributed by atoms with E-state index in [2.05, 4.69) is 34.4 Å². The van der Waals surface area contributed by atoms with Crippen molar-refractivity contribution in [2.24, 2.45) is 0 Å². The van der Waals surface area contributed by atoms with Crippen LogP contribution in [0, 0.1) is 6.92 Å². The Morgan fingerprint density at radius 1 is 1.20 bits per heavy atom. The van der Waals surface area contributed by atoms with Crippen LogP contribution in [0.15, 0.2) is 0 Å². The summed E-state index contributed by atoms with van der Waals surface area (Å²) >= 11 is 0. The van der Waals surface area contributed by atoms with Gasteiger partial charge in [-0.3, -0.25) is 4.21 Å². The van der Waals surface area contributed by atoms with Crippen LogP contribution in [0.1, 0.15) is 44.0 Å². The van der Waals surface area contributed by atoms with Crippen LogP contribution < -0.4 is 10.6 Å². The molecule has 0 amide bonds. The van der Waals surface area contributed by atoms with Gasteiger partial charge in [0.25, 0.3) is 0 Å². The third-order valence-electron chi connectivity index (χ3n) is 3.65. The molecule has 0 saturated carbocycles. The molecule has 1 aliphatic rings. The van der Waals surface area contributed by atoms with Crippen molar-refractivity contribution in [1.29, 1.82) is 0 Å². The molecule has 0 spiro atoms. The van der Waals surface area contributed by atoms with E-state index in [1.165, 1.54) is 0 Å². The number of aromatic nitrogens is 2. The van der Waals surface area contributed by atoms with Crippen molar-refractivity contribution >= 4 is 22.4 Å². The fourth-order valence-corrected chi connectivity index (χ4v) is 3.61. The van der Waals surface area contributed by atoms with E-state index in [4.69, 9.17) is 0 Å². The monoisotopic (exact) mass is 296 g/mol. The Morgan fingerprint density at radius 3 is 2.35 bits per heavy atom. The maximum Gasteiger partial charge on any atom is 0.135 e. The van der Waals surface area contributed by atoms with Crippen LogP contribution >= 0.6 is 0 Å². The molecule has 5 nitrogen and oxygen atoms in total. The molecule has 1 fully saturated rings. The second kappa shape index (κ2) is 6.52. The van der Waals surface area contributed by atoms with Gasteiger partial charge in [0.2, 0.25) is 0 Å². The van der Waals surface area contributed by atoms with Crippen molar-refractivity contribution in [3.63, 3.8) is 0 Å². The van der Waals surface area contributed by atoms with Crippen LogP contribution in [0.3, 0.4) is 0 Å². The molecule has 0 unspecified atom stereocenters. The molecular formula is C14H24N4OS. The quantitative estimate of drug-likeness (QED) is 0.892. The molecule has 20 heavy (non-hydrogen) atoms. The van der Waals surface area contributed by atoms with Gasteiger partial charge in [-0.05, 0) is 19.8 Å². The summed E-state index contributed by atoms with van der Waals surface area (Å²) in [6, 6.07) is 0.367. The molecule has 1 aromatic rings. The van der Waals surface area contributed by atoms with Crippen LogP contribution in [0.25, 0.3) is 0 Å². The predicted octanol–water partition coefficient (Wildman–Crippen LogP) is 2.27. The van der Waals surface area contributed by atoms with Gasteiger partial charge in [0.05, 0.1) is 0 Å². The molecule has 0 bridgehead atoms. The number of rotatable bonds is 4. The molecule has 0 radical (unpaired) electrons. The molecule has 6 heteroatoms. The van der Waals surface area contributed by atoms with Crippen molar-refractivity contribution in [2.45, 2.75) is 45.6 Å². The zero-order valence-electron chi connectivity index (χ0n) is 12.7. The molecule has 1 saturated heterocycles. The standard InChI is InChI=1S/C14H24N4OS/c1-9(2)12-17-13(15-4)10(3)14(18-12)16-11-5-7-20(19)8-6-11/h9,11H,5-8H2,1-4H3,(H2,15,16,17,18). The lowest BCUT2D eigenvalue weighted by atomic mass is 10.1. The van der Waals surface area contributed by atoms with E-state index >= 15 is 0 Å². The van der Waals surface area contributed by atoms with E-state index in [1.54, 1.807) is 0 Å². The Hall–Kier alpha value is -1.17. The van der Waals surface area contributed by atoms with Crippen LogP contribution in [-0.2, 0) is 10.8 Å². The van der Waals surface area contributed by atoms with Crippen molar-refractivity contribution in [1.82, 2.24) is 9.97 Å². The van der Waals surface area contributed by atoms with E-state index in [9.17, 15) is 4.21 Å². The first kappa shape index (κ1) is 15.2. The van der Waals surface area contributed by atoms with E-state index in [0.29, 0.717) is 12.0 Å². The van der Waals surface area contributed by atoms with Gasteiger partial charge < -0.3 is 10.6 Å². The van der Waals surface area contributed by atoms with Gasteiger partial charge in [0, 0.05) is 46.9 Å². The molecule has 0 aromatic carbocycles. The van der Waals surface area contributed by atoms with Crippen LogP contribution in [0.4, 0.5) is 11.6 Å². The Morgan fingerprint density at radius 2 is 1.80 bits per heavy atom. The highest BCUT2D eigenvalue weighted by Crippen LogP contribution is 2.25. The molecule has 1 aliphatic heterocycles. The predicted molar refractivity (Wildman–Crippen MR) is 84.9 cm³/mol. The number of anilines is 2. The number of hydrogen-bond acceptors (Lipinski definition) is 5. The Kier molecular flexibility index (Phi) is 4.96. The first-order chi connectivity index (χ1) is 9.51. The average molecular weight is 296 g/mol. The van der Waals surface area contributed by atoms with E-state index in [1.807, 2.05) is 14.0 Å². The smallest absolute Gasteiger partial charge is 0.135 e. The number of hydrogen-bond donors (Lipinski definition) is 2. The van der Waals surface area contributed by atoms with Gasteiger partial charge >= 0.3 is 0 Å². The molecule has 112 valence electrons. The zero-order valence-corrected chi connectivity index (χ0v) is 13.5. The lowest BCUT2D eigenvalue weighted by Crippen LogP contribution is -2.30. The first-order valence-corrected chi connectivity index (χ1v) is 8.68. The molecule has 0 aliphatic carbocycles. The van der Waals surface area contributed by atoms with Gasteiger partial charge in [-0.2, -0.15) is 0 Å². The Labute approximate surface area is 123 Å². The van der Waals surface area contributed by atoms with Crippen LogP contribution in [0.2, 0.25) is 0 Å². The molecule has 2 N–H and O–H groups in total. The summed E-state index contributed by atoms with van der Waals surface area (Å²) < 4.78 is 11.4. The largest absolute Gasteiger partial charge is 0.373 e. The van der Waals surface area contributed by atoms with Gasteiger partial charge in [-0.15, -0.1) is 0 Å². The summed E-state index contributed by atoms with van der Waals surface area (Å²) in [7, 11) is 1.25. The van der Waals surface area contributed by atoms with E-state index in [0.717, 1.165) is 47.4 Å². The van der Waals surface area contributed by atoms with E-state index < -0.39 is 10.8 Å². The molecule has 1 aromatic heterocycles. The molecule has 0 atom stereocenters. The van der Waals surface area contributed by atoms with E-state index in [-0.39, 0.29) is 0 Å². The zero-order chi connectivity index (χ0) is 14.7. The summed E-state index contributed by atoms with van der Waals surface area (Å²) in [5, 5.41) is 6.65. The van der Waals surface area contributed by atoms with Gasteiger partial charge in [0.1, 0.15) is 17.5 Å². The highest BCUT2D eigenvalue weighted by Gasteiger charge is 2.20. The first-order valence-electron chi connectivity index (χ1n) is 7.19. The number of nitrogens with zero attached hydrogens (tertiary/aromatic N) is 2. The minimum absolute atomic E-state index is 0.294. The maximum atomic E-state index is 11.4. The molecular weight excluding hydrogens is 272 g/mol. The lowest BCUT2D eigenvalue weighted by molar-refractivity contribution is 0.621. The SMILES string of the molecule is CNc1nc(C(C)C)nc(NC2CCS(=O)CC2)c1C. The second-order valence-corrected chi connectivity index (χ2v) is 7.27. The third-order valence-corrected chi connectivity index (χ3v) is 5.03. The average Bonchev–Trinajstić information content (AvgIpc) is 2.43. The van der Waals surface area contributed by atoms with Crippen molar-refractivity contribution in [2.75, 3.05) is 29.2 Å². The van der Waals surface area contributed by atoms with Crippen molar-refractivity contribution < 1.29 is 4.21 Å². The molecule has 2 rings (SSSR count). The summed E-state index contributed by atoms with van der Waals surface area (Å²) in [4.78, 5) is 9.20. The molecule has 2 heterocycles. The number of nitrogens with one attached hydrogen (secondary N) is 2. The minimum atomic E-state index is -0.627. The normalized spacial score (nSPS) is 22.9.